The second-order valence-corrected chi connectivity index (χ2v) is 8.00. The van der Waals surface area contributed by atoms with Crippen molar-refractivity contribution in [1.29, 1.82) is 0 Å². The fourth-order valence-electron chi connectivity index (χ4n) is 2.77. The highest BCUT2D eigenvalue weighted by Gasteiger charge is 2.19. The maximum Gasteiger partial charge on any atom is 0.263 e. The number of hydrogen-bond donors (Lipinski definition) is 2. The first-order valence-corrected chi connectivity index (χ1v) is 10.4. The number of fused-ring (bicyclic) bond motifs is 1. The van der Waals surface area contributed by atoms with Crippen LogP contribution in [0.2, 0.25) is 0 Å². The van der Waals surface area contributed by atoms with E-state index in [-0.39, 0.29) is 22.3 Å². The van der Waals surface area contributed by atoms with E-state index in [1.54, 1.807) is 36.4 Å². The van der Waals surface area contributed by atoms with Crippen molar-refractivity contribution >= 4 is 38.4 Å². The fourth-order valence-corrected chi connectivity index (χ4v) is 3.78. The molecule has 0 amide bonds. The molecule has 1 aromatic heterocycles. The molecule has 7 nitrogen and oxygen atoms in total. The Balaban J connectivity index is 1.74. The van der Waals surface area contributed by atoms with E-state index in [4.69, 9.17) is 4.74 Å². The predicted molar refractivity (Wildman–Crippen MR) is 113 cm³/mol. The Hall–Kier alpha value is -3.72. The number of methoxy groups -OCH3 is 1. The van der Waals surface area contributed by atoms with E-state index in [0.29, 0.717) is 22.5 Å². The first kappa shape index (κ1) is 19.6. The molecule has 4 rings (SSSR count). The topological polar surface area (TPSA) is 93.2 Å². The van der Waals surface area contributed by atoms with Crippen molar-refractivity contribution in [1.82, 2.24) is 9.97 Å². The molecule has 0 atom stereocenters. The summed E-state index contributed by atoms with van der Waals surface area (Å²) in [5.74, 6) is 0.370. The third kappa shape index (κ3) is 4.15. The number of para-hydroxylation sites is 2. The third-order valence-corrected chi connectivity index (χ3v) is 5.63. The average Bonchev–Trinajstić information content (AvgIpc) is 2.75. The first-order valence-electron chi connectivity index (χ1n) is 8.91. The molecule has 4 aromatic rings. The zero-order chi connectivity index (χ0) is 21.1. The van der Waals surface area contributed by atoms with Crippen molar-refractivity contribution in [2.75, 3.05) is 17.1 Å². The molecule has 0 aliphatic rings. The van der Waals surface area contributed by atoms with E-state index >= 15 is 0 Å². The van der Waals surface area contributed by atoms with Gasteiger partial charge >= 0.3 is 0 Å². The zero-order valence-corrected chi connectivity index (χ0v) is 16.7. The fraction of sp³-hybridized carbons (Fsp3) is 0.0476. The van der Waals surface area contributed by atoms with Gasteiger partial charge in [-0.25, -0.2) is 22.8 Å². The summed E-state index contributed by atoms with van der Waals surface area (Å²) in [6.07, 6.45) is 0. The van der Waals surface area contributed by atoms with Crippen molar-refractivity contribution in [3.8, 4) is 5.75 Å². The summed E-state index contributed by atoms with van der Waals surface area (Å²) in [4.78, 5) is 8.95. The second-order valence-electron chi connectivity index (χ2n) is 6.32. The van der Waals surface area contributed by atoms with Gasteiger partial charge in [0.1, 0.15) is 11.6 Å². The van der Waals surface area contributed by atoms with Gasteiger partial charge in [-0.1, -0.05) is 12.1 Å². The smallest absolute Gasteiger partial charge is 0.263 e. The summed E-state index contributed by atoms with van der Waals surface area (Å²) < 4.78 is 46.6. The molecular formula is C21H17FN4O3S. The highest BCUT2D eigenvalue weighted by Crippen LogP contribution is 2.27. The number of aromatic nitrogens is 2. The van der Waals surface area contributed by atoms with Crippen molar-refractivity contribution in [3.05, 3.63) is 78.6 Å². The molecule has 0 spiro atoms. The lowest BCUT2D eigenvalue weighted by Gasteiger charge is -2.14. The van der Waals surface area contributed by atoms with Crippen LogP contribution in [0.1, 0.15) is 0 Å². The van der Waals surface area contributed by atoms with Gasteiger partial charge < -0.3 is 10.1 Å². The minimum absolute atomic E-state index is 0.0221. The van der Waals surface area contributed by atoms with E-state index in [1.807, 2.05) is 0 Å². The Labute approximate surface area is 172 Å². The molecular weight excluding hydrogens is 407 g/mol. The number of nitrogens with one attached hydrogen (secondary N) is 2. The Morgan fingerprint density at radius 3 is 2.03 bits per heavy atom. The van der Waals surface area contributed by atoms with Gasteiger partial charge in [0, 0.05) is 5.69 Å². The van der Waals surface area contributed by atoms with Crippen molar-refractivity contribution in [2.24, 2.45) is 0 Å². The van der Waals surface area contributed by atoms with Gasteiger partial charge in [0.15, 0.2) is 11.6 Å². The number of benzene rings is 3. The molecule has 0 saturated carbocycles. The zero-order valence-electron chi connectivity index (χ0n) is 15.8. The highest BCUT2D eigenvalue weighted by atomic mass is 32.2. The van der Waals surface area contributed by atoms with Crippen LogP contribution in [0, 0.1) is 5.82 Å². The van der Waals surface area contributed by atoms with E-state index < -0.39 is 10.0 Å². The largest absolute Gasteiger partial charge is 0.497 e. The van der Waals surface area contributed by atoms with Crippen LogP contribution >= 0.6 is 0 Å². The molecule has 0 aliphatic carbocycles. The highest BCUT2D eigenvalue weighted by molar-refractivity contribution is 7.92. The first-order chi connectivity index (χ1) is 14.4. The number of hydrogen-bond acceptors (Lipinski definition) is 6. The summed E-state index contributed by atoms with van der Waals surface area (Å²) in [7, 11) is -2.44. The van der Waals surface area contributed by atoms with Gasteiger partial charge in [-0.2, -0.15) is 0 Å². The molecule has 0 aliphatic heterocycles. The van der Waals surface area contributed by atoms with Crippen molar-refractivity contribution in [3.63, 3.8) is 0 Å². The Bertz CT molecular complexity index is 1290. The molecule has 0 fully saturated rings. The lowest BCUT2D eigenvalue weighted by atomic mass is 10.3. The van der Waals surface area contributed by atoms with Crippen LogP contribution in [-0.2, 0) is 10.0 Å². The maximum atomic E-state index is 13.2. The van der Waals surface area contributed by atoms with Crippen LogP contribution in [0.15, 0.2) is 77.7 Å². The quantitative estimate of drug-likeness (QED) is 0.479. The minimum atomic E-state index is -3.94. The lowest BCUT2D eigenvalue weighted by Crippen LogP contribution is -2.16. The molecule has 2 N–H and O–H groups in total. The number of anilines is 3. The summed E-state index contributed by atoms with van der Waals surface area (Å²) in [6, 6.07) is 18.7. The monoisotopic (exact) mass is 424 g/mol. The van der Waals surface area contributed by atoms with Crippen LogP contribution in [-0.4, -0.2) is 25.5 Å². The average molecular weight is 424 g/mol. The molecule has 9 heteroatoms. The van der Waals surface area contributed by atoms with Crippen molar-refractivity contribution < 1.29 is 17.5 Å². The van der Waals surface area contributed by atoms with Gasteiger partial charge in [-0.15, -0.1) is 0 Å². The number of ether oxygens (including phenoxy) is 1. The molecule has 152 valence electrons. The van der Waals surface area contributed by atoms with E-state index in [1.165, 1.54) is 43.5 Å². The Morgan fingerprint density at radius 2 is 1.43 bits per heavy atom. The van der Waals surface area contributed by atoms with Gasteiger partial charge in [-0.05, 0) is 60.7 Å². The number of rotatable bonds is 6. The molecule has 0 radical (unpaired) electrons. The summed E-state index contributed by atoms with van der Waals surface area (Å²) >= 11 is 0. The molecule has 3 aromatic carbocycles. The summed E-state index contributed by atoms with van der Waals surface area (Å²) in [6.45, 7) is 0. The van der Waals surface area contributed by atoms with E-state index in [9.17, 15) is 12.8 Å². The summed E-state index contributed by atoms with van der Waals surface area (Å²) in [5, 5.41) is 3.00. The maximum absolute atomic E-state index is 13.2. The SMILES string of the molecule is COc1ccc(S(=O)(=O)Nc2nc3ccccc3nc2Nc2ccc(F)cc2)cc1. The summed E-state index contributed by atoms with van der Waals surface area (Å²) in [5.41, 5.74) is 1.63. The van der Waals surface area contributed by atoms with Gasteiger partial charge in [0.25, 0.3) is 10.0 Å². The Kier molecular flexibility index (Phi) is 5.20. The van der Waals surface area contributed by atoms with E-state index in [0.717, 1.165) is 0 Å². The lowest BCUT2D eigenvalue weighted by molar-refractivity contribution is 0.414. The van der Waals surface area contributed by atoms with Gasteiger partial charge in [0.05, 0.1) is 23.0 Å². The van der Waals surface area contributed by atoms with Crippen LogP contribution in [0.4, 0.5) is 21.7 Å². The van der Waals surface area contributed by atoms with Gasteiger partial charge in [0.2, 0.25) is 0 Å². The van der Waals surface area contributed by atoms with Crippen LogP contribution in [0.3, 0.4) is 0 Å². The predicted octanol–water partition coefficient (Wildman–Crippen LogP) is 4.32. The molecule has 0 unspecified atom stereocenters. The number of halogens is 1. The molecule has 1 heterocycles. The van der Waals surface area contributed by atoms with Crippen molar-refractivity contribution in [2.45, 2.75) is 4.90 Å². The molecule has 0 bridgehead atoms. The van der Waals surface area contributed by atoms with Crippen LogP contribution in [0.5, 0.6) is 5.75 Å². The Morgan fingerprint density at radius 1 is 0.833 bits per heavy atom. The van der Waals surface area contributed by atoms with E-state index in [2.05, 4.69) is 20.0 Å². The minimum Gasteiger partial charge on any atom is -0.497 e. The second kappa shape index (κ2) is 7.96. The van der Waals surface area contributed by atoms with Gasteiger partial charge in [-0.3, -0.25) is 4.72 Å². The molecule has 0 saturated heterocycles. The normalized spacial score (nSPS) is 11.3. The standard InChI is InChI=1S/C21H17FN4O3S/c1-29-16-10-12-17(13-11-16)30(27,28)26-21-20(23-15-8-6-14(22)7-9-15)24-18-4-2-3-5-19(18)25-21/h2-13H,1H3,(H,23,24)(H,25,26). The molecule has 30 heavy (non-hydrogen) atoms. The third-order valence-electron chi connectivity index (χ3n) is 4.28. The number of sulfonamides is 1. The van der Waals surface area contributed by atoms with Crippen LogP contribution < -0.4 is 14.8 Å². The number of nitrogens with zero attached hydrogens (tertiary/aromatic N) is 2. The van der Waals surface area contributed by atoms with Crippen LogP contribution in [0.25, 0.3) is 11.0 Å².